The molecule has 1 heterocycles. The number of ether oxygens (including phenoxy) is 1. The van der Waals surface area contributed by atoms with Crippen LogP contribution in [-0.4, -0.2) is 38.4 Å². The highest BCUT2D eigenvalue weighted by atomic mass is 16.6. The highest BCUT2D eigenvalue weighted by Gasteiger charge is 2.18. The molecule has 6 heteroatoms. The molecule has 70 valence electrons. The molecule has 0 N–H and O–H groups in total. The second-order valence-corrected chi connectivity index (χ2v) is 2.31. The van der Waals surface area contributed by atoms with E-state index in [9.17, 15) is 0 Å². The monoisotopic (exact) mass is 182 g/mol. The number of hydrogen-bond acceptors (Lipinski definition) is 5. The lowest BCUT2D eigenvalue weighted by molar-refractivity contribution is 0.291. The first-order valence-electron chi connectivity index (χ1n) is 3.73. The summed E-state index contributed by atoms with van der Waals surface area (Å²) in [6, 6.07) is 0.328. The van der Waals surface area contributed by atoms with Gasteiger partial charge >= 0.3 is 13.1 Å². The minimum atomic E-state index is -0.425. The zero-order valence-electron chi connectivity index (χ0n) is 7.85. The Morgan fingerprint density at radius 3 is 2.00 bits per heavy atom. The molecule has 5 nitrogen and oxygen atoms in total. The van der Waals surface area contributed by atoms with Crippen molar-refractivity contribution in [2.24, 2.45) is 0 Å². The summed E-state index contributed by atoms with van der Waals surface area (Å²) < 4.78 is 14.8. The van der Waals surface area contributed by atoms with Gasteiger partial charge in [0.25, 0.3) is 0 Å². The minimum absolute atomic E-state index is 0.328. The molecule has 1 aromatic heterocycles. The first-order chi connectivity index (χ1) is 6.31. The summed E-state index contributed by atoms with van der Waals surface area (Å²) in [7, 11) is 4.20. The summed E-state index contributed by atoms with van der Waals surface area (Å²) in [4.78, 5) is 7.84. The summed E-state index contributed by atoms with van der Waals surface area (Å²) in [6.07, 6.45) is 3.20. The molecule has 0 spiro atoms. The van der Waals surface area contributed by atoms with Crippen LogP contribution in [0.5, 0.6) is 6.01 Å². The van der Waals surface area contributed by atoms with Gasteiger partial charge in [0.15, 0.2) is 0 Å². The van der Waals surface area contributed by atoms with E-state index in [4.69, 9.17) is 14.0 Å². The Morgan fingerprint density at radius 1 is 1.08 bits per heavy atom. The molecular weight excluding hydrogens is 171 g/mol. The van der Waals surface area contributed by atoms with Crippen LogP contribution in [0.1, 0.15) is 0 Å². The Kier molecular flexibility index (Phi) is 3.66. The molecule has 0 saturated carbocycles. The molecule has 0 aromatic carbocycles. The summed E-state index contributed by atoms with van der Waals surface area (Å²) in [6.45, 7) is 0. The highest BCUT2D eigenvalue weighted by Crippen LogP contribution is 1.95. The van der Waals surface area contributed by atoms with E-state index in [2.05, 4.69) is 9.97 Å². The number of methoxy groups -OCH3 is 1. The predicted molar refractivity (Wildman–Crippen MR) is 48.0 cm³/mol. The predicted octanol–water partition coefficient (Wildman–Crippen LogP) is -0.527. The van der Waals surface area contributed by atoms with Crippen molar-refractivity contribution in [2.45, 2.75) is 0 Å². The molecule has 0 bridgehead atoms. The van der Waals surface area contributed by atoms with Gasteiger partial charge in [0.05, 0.1) is 7.11 Å². The van der Waals surface area contributed by atoms with Gasteiger partial charge < -0.3 is 14.0 Å². The first-order valence-corrected chi connectivity index (χ1v) is 3.73. The number of rotatable bonds is 4. The Labute approximate surface area is 77.2 Å². The maximum Gasteiger partial charge on any atom is 0.496 e. The van der Waals surface area contributed by atoms with E-state index in [1.54, 1.807) is 26.6 Å². The largest absolute Gasteiger partial charge is 0.496 e. The zero-order valence-corrected chi connectivity index (χ0v) is 7.85. The summed E-state index contributed by atoms with van der Waals surface area (Å²) in [5, 5.41) is 0. The van der Waals surface area contributed by atoms with Crippen LogP contribution >= 0.6 is 0 Å². The molecule has 0 aliphatic carbocycles. The van der Waals surface area contributed by atoms with Crippen LogP contribution < -0.4 is 10.2 Å². The van der Waals surface area contributed by atoms with Crippen molar-refractivity contribution in [3.63, 3.8) is 0 Å². The van der Waals surface area contributed by atoms with Crippen molar-refractivity contribution in [1.29, 1.82) is 0 Å². The van der Waals surface area contributed by atoms with E-state index >= 15 is 0 Å². The number of hydrogen-bond donors (Lipinski definition) is 0. The van der Waals surface area contributed by atoms with Crippen molar-refractivity contribution in [1.82, 2.24) is 9.97 Å². The van der Waals surface area contributed by atoms with Gasteiger partial charge in [-0.05, 0) is 0 Å². The lowest BCUT2D eigenvalue weighted by Crippen LogP contribution is -2.35. The molecule has 0 radical (unpaired) electrons. The van der Waals surface area contributed by atoms with Crippen LogP contribution in [0.25, 0.3) is 0 Å². The van der Waals surface area contributed by atoms with Crippen LogP contribution in [0.4, 0.5) is 0 Å². The van der Waals surface area contributed by atoms with Crippen LogP contribution in [-0.2, 0) is 9.31 Å². The van der Waals surface area contributed by atoms with Crippen LogP contribution in [0, 0.1) is 0 Å². The van der Waals surface area contributed by atoms with Gasteiger partial charge in [-0.1, -0.05) is 0 Å². The van der Waals surface area contributed by atoms with Crippen molar-refractivity contribution < 1.29 is 14.0 Å². The number of nitrogens with zero attached hydrogens (tertiary/aromatic N) is 2. The second kappa shape index (κ2) is 4.79. The van der Waals surface area contributed by atoms with E-state index in [0.29, 0.717) is 6.01 Å². The van der Waals surface area contributed by atoms with E-state index in [0.717, 1.165) is 5.46 Å². The Hall–Kier alpha value is -1.14. The molecule has 0 aliphatic rings. The molecule has 1 aromatic rings. The quantitative estimate of drug-likeness (QED) is 0.586. The molecular formula is C7H11BN2O3. The van der Waals surface area contributed by atoms with E-state index in [1.807, 2.05) is 0 Å². The van der Waals surface area contributed by atoms with Crippen LogP contribution in [0.3, 0.4) is 0 Å². The fourth-order valence-corrected chi connectivity index (χ4v) is 0.922. The third kappa shape index (κ3) is 2.40. The molecule has 0 aliphatic heterocycles. The summed E-state index contributed by atoms with van der Waals surface area (Å²) in [5.74, 6) is 0. The van der Waals surface area contributed by atoms with Crippen molar-refractivity contribution in [3.8, 4) is 6.01 Å². The summed E-state index contributed by atoms with van der Waals surface area (Å²) >= 11 is 0. The average Bonchev–Trinajstić information content (AvgIpc) is 2.21. The standard InChI is InChI=1S/C7H11BN2O3/c1-11-7-9-4-6(5-10-7)8(12-2)13-3/h4-5H,1-3H3. The van der Waals surface area contributed by atoms with Crippen LogP contribution in [0.15, 0.2) is 12.4 Å². The SMILES string of the molecule is COB(OC)c1cnc(OC)nc1. The molecule has 13 heavy (non-hydrogen) atoms. The molecule has 1 rings (SSSR count). The normalized spacial score (nSPS) is 9.77. The maximum absolute atomic E-state index is 5.02. The molecule has 0 amide bonds. The average molecular weight is 182 g/mol. The van der Waals surface area contributed by atoms with Gasteiger partial charge in [-0.15, -0.1) is 0 Å². The fraction of sp³-hybridized carbons (Fsp3) is 0.429. The molecule has 0 atom stereocenters. The Morgan fingerprint density at radius 2 is 1.62 bits per heavy atom. The lowest BCUT2D eigenvalue weighted by atomic mass is 9.81. The van der Waals surface area contributed by atoms with Gasteiger partial charge in [-0.2, -0.15) is 0 Å². The topological polar surface area (TPSA) is 53.5 Å². The zero-order chi connectivity index (χ0) is 9.68. The highest BCUT2D eigenvalue weighted by molar-refractivity contribution is 6.61. The summed E-state index contributed by atoms with van der Waals surface area (Å²) in [5.41, 5.74) is 0.755. The van der Waals surface area contributed by atoms with Gasteiger partial charge in [0.2, 0.25) is 0 Å². The van der Waals surface area contributed by atoms with Crippen molar-refractivity contribution in [2.75, 3.05) is 21.3 Å². The second-order valence-electron chi connectivity index (χ2n) is 2.31. The molecule has 0 unspecified atom stereocenters. The van der Waals surface area contributed by atoms with Crippen molar-refractivity contribution in [3.05, 3.63) is 12.4 Å². The van der Waals surface area contributed by atoms with Crippen molar-refractivity contribution >= 4 is 12.6 Å². The van der Waals surface area contributed by atoms with Gasteiger partial charge in [0, 0.05) is 32.1 Å². The van der Waals surface area contributed by atoms with E-state index in [-0.39, 0.29) is 0 Å². The van der Waals surface area contributed by atoms with E-state index < -0.39 is 7.12 Å². The van der Waals surface area contributed by atoms with Gasteiger partial charge in [0.1, 0.15) is 0 Å². The minimum Gasteiger partial charge on any atom is -0.467 e. The smallest absolute Gasteiger partial charge is 0.467 e. The Bertz CT molecular complexity index is 250. The lowest BCUT2D eigenvalue weighted by Gasteiger charge is -2.07. The van der Waals surface area contributed by atoms with E-state index in [1.165, 1.54) is 7.11 Å². The molecule has 0 fully saturated rings. The Balaban J connectivity index is 2.78. The molecule has 0 saturated heterocycles. The maximum atomic E-state index is 5.02. The van der Waals surface area contributed by atoms with Crippen LogP contribution in [0.2, 0.25) is 0 Å². The third-order valence-electron chi connectivity index (χ3n) is 1.53. The first kappa shape index (κ1) is 9.95. The fourth-order valence-electron chi connectivity index (χ4n) is 0.922. The number of aromatic nitrogens is 2. The van der Waals surface area contributed by atoms with Gasteiger partial charge in [-0.3, -0.25) is 0 Å². The van der Waals surface area contributed by atoms with Gasteiger partial charge in [-0.25, -0.2) is 9.97 Å². The third-order valence-corrected chi connectivity index (χ3v) is 1.53.